The van der Waals surface area contributed by atoms with E-state index < -0.39 is 0 Å². The van der Waals surface area contributed by atoms with Gasteiger partial charge in [-0.15, -0.1) is 0 Å². The number of rotatable bonds is 6. The fourth-order valence-corrected chi connectivity index (χ4v) is 3.66. The molecule has 1 N–H and O–H groups in total. The van der Waals surface area contributed by atoms with E-state index in [9.17, 15) is 4.79 Å². The van der Waals surface area contributed by atoms with Gasteiger partial charge in [-0.1, -0.05) is 30.3 Å². The van der Waals surface area contributed by atoms with Crippen molar-refractivity contribution in [2.75, 3.05) is 11.9 Å². The third-order valence-corrected chi connectivity index (χ3v) is 5.13. The number of anilines is 1. The SMILES string of the molecule is O=C(CCc1ccncc1)Nc1cncc2c1CCN(Cc1ccccc1)C2. The van der Waals surface area contributed by atoms with Crippen molar-refractivity contribution in [1.82, 2.24) is 14.9 Å². The Kier molecular flexibility index (Phi) is 5.73. The first-order valence-corrected chi connectivity index (χ1v) is 9.69. The number of nitrogens with one attached hydrogen (secondary N) is 1. The van der Waals surface area contributed by atoms with E-state index in [-0.39, 0.29) is 5.91 Å². The molecule has 0 fully saturated rings. The van der Waals surface area contributed by atoms with E-state index in [0.717, 1.165) is 37.3 Å². The molecule has 1 amide bonds. The lowest BCUT2D eigenvalue weighted by molar-refractivity contribution is -0.116. The normalized spacial score (nSPS) is 13.7. The molecule has 0 saturated carbocycles. The minimum absolute atomic E-state index is 0.0266. The van der Waals surface area contributed by atoms with Crippen LogP contribution in [0.25, 0.3) is 0 Å². The molecule has 142 valence electrons. The molecule has 1 aliphatic heterocycles. The van der Waals surface area contributed by atoms with Gasteiger partial charge in [0.15, 0.2) is 0 Å². The molecule has 0 bridgehead atoms. The zero-order valence-electron chi connectivity index (χ0n) is 15.8. The largest absolute Gasteiger partial charge is 0.324 e. The lowest BCUT2D eigenvalue weighted by Gasteiger charge is -2.29. The minimum Gasteiger partial charge on any atom is -0.324 e. The predicted molar refractivity (Wildman–Crippen MR) is 110 cm³/mol. The third-order valence-electron chi connectivity index (χ3n) is 5.13. The maximum absolute atomic E-state index is 12.4. The number of carbonyl (C=O) groups excluding carboxylic acids is 1. The number of aromatic nitrogens is 2. The second-order valence-electron chi connectivity index (χ2n) is 7.17. The van der Waals surface area contributed by atoms with Crippen LogP contribution in [0, 0.1) is 0 Å². The maximum Gasteiger partial charge on any atom is 0.224 e. The molecule has 0 saturated heterocycles. The zero-order chi connectivity index (χ0) is 19.2. The highest BCUT2D eigenvalue weighted by Gasteiger charge is 2.20. The Labute approximate surface area is 165 Å². The Hall–Kier alpha value is -3.05. The quantitative estimate of drug-likeness (QED) is 0.718. The van der Waals surface area contributed by atoms with E-state index >= 15 is 0 Å². The number of pyridine rings is 2. The van der Waals surface area contributed by atoms with E-state index in [4.69, 9.17) is 0 Å². The van der Waals surface area contributed by atoms with Crippen molar-refractivity contribution < 1.29 is 4.79 Å². The molecule has 1 aliphatic rings. The number of nitrogens with zero attached hydrogens (tertiary/aromatic N) is 3. The average Bonchev–Trinajstić information content (AvgIpc) is 2.74. The van der Waals surface area contributed by atoms with Crippen LogP contribution in [-0.4, -0.2) is 27.3 Å². The summed E-state index contributed by atoms with van der Waals surface area (Å²) >= 11 is 0. The van der Waals surface area contributed by atoms with Gasteiger partial charge < -0.3 is 5.32 Å². The molecule has 3 aromatic rings. The van der Waals surface area contributed by atoms with Crippen molar-refractivity contribution in [3.8, 4) is 0 Å². The number of fused-ring (bicyclic) bond motifs is 1. The molecule has 5 nitrogen and oxygen atoms in total. The van der Waals surface area contributed by atoms with Gasteiger partial charge in [-0.25, -0.2) is 0 Å². The van der Waals surface area contributed by atoms with Gasteiger partial charge in [0.1, 0.15) is 0 Å². The van der Waals surface area contributed by atoms with Crippen LogP contribution in [0.4, 0.5) is 5.69 Å². The molecule has 0 aliphatic carbocycles. The molecule has 3 heterocycles. The van der Waals surface area contributed by atoms with Crippen molar-refractivity contribution in [2.24, 2.45) is 0 Å². The Morgan fingerprint density at radius 2 is 1.82 bits per heavy atom. The molecule has 0 radical (unpaired) electrons. The number of benzene rings is 1. The Morgan fingerprint density at radius 3 is 2.64 bits per heavy atom. The Bertz CT molecular complexity index is 928. The number of hydrogen-bond acceptors (Lipinski definition) is 4. The van der Waals surface area contributed by atoms with Gasteiger partial charge in [0, 0.05) is 44.6 Å². The summed E-state index contributed by atoms with van der Waals surface area (Å²) in [6.45, 7) is 2.77. The lowest BCUT2D eigenvalue weighted by Crippen LogP contribution is -2.31. The topological polar surface area (TPSA) is 58.1 Å². The number of hydrogen-bond donors (Lipinski definition) is 1. The summed E-state index contributed by atoms with van der Waals surface area (Å²) in [5.41, 5.74) is 5.72. The summed E-state index contributed by atoms with van der Waals surface area (Å²) in [6, 6.07) is 14.4. The molecule has 0 atom stereocenters. The van der Waals surface area contributed by atoms with Crippen LogP contribution < -0.4 is 5.32 Å². The smallest absolute Gasteiger partial charge is 0.224 e. The fraction of sp³-hybridized carbons (Fsp3) is 0.261. The van der Waals surface area contributed by atoms with Crippen LogP contribution in [-0.2, 0) is 30.7 Å². The average molecular weight is 372 g/mol. The van der Waals surface area contributed by atoms with E-state index in [1.54, 1.807) is 18.6 Å². The maximum atomic E-state index is 12.4. The van der Waals surface area contributed by atoms with Crippen molar-refractivity contribution >= 4 is 11.6 Å². The summed E-state index contributed by atoms with van der Waals surface area (Å²) < 4.78 is 0. The molecule has 0 unspecified atom stereocenters. The van der Waals surface area contributed by atoms with Crippen molar-refractivity contribution in [3.63, 3.8) is 0 Å². The van der Waals surface area contributed by atoms with Gasteiger partial charge in [0.25, 0.3) is 0 Å². The lowest BCUT2D eigenvalue weighted by atomic mass is 9.99. The van der Waals surface area contributed by atoms with Crippen LogP contribution in [0.3, 0.4) is 0 Å². The van der Waals surface area contributed by atoms with E-state index in [0.29, 0.717) is 12.8 Å². The first-order chi connectivity index (χ1) is 13.8. The summed E-state index contributed by atoms with van der Waals surface area (Å²) in [4.78, 5) is 23.2. The van der Waals surface area contributed by atoms with Crippen LogP contribution in [0.5, 0.6) is 0 Å². The standard InChI is InChI=1S/C23H24N4O/c28-23(7-6-18-8-11-24-12-9-18)26-22-15-25-14-20-17-27(13-10-21(20)22)16-19-4-2-1-3-5-19/h1-5,8-9,11-12,14-15H,6-7,10,13,16-17H2,(H,26,28). The first-order valence-electron chi connectivity index (χ1n) is 9.69. The van der Waals surface area contributed by atoms with Gasteiger partial charge in [-0.2, -0.15) is 0 Å². The van der Waals surface area contributed by atoms with Crippen LogP contribution in [0.2, 0.25) is 0 Å². The van der Waals surface area contributed by atoms with Crippen LogP contribution >= 0.6 is 0 Å². The van der Waals surface area contributed by atoms with E-state index in [1.165, 1.54) is 16.7 Å². The second-order valence-corrected chi connectivity index (χ2v) is 7.17. The number of amides is 1. The van der Waals surface area contributed by atoms with E-state index in [1.807, 2.05) is 24.4 Å². The summed E-state index contributed by atoms with van der Waals surface area (Å²) in [6.07, 6.45) is 9.30. The highest BCUT2D eigenvalue weighted by Crippen LogP contribution is 2.26. The van der Waals surface area contributed by atoms with Crippen LogP contribution in [0.15, 0.2) is 67.3 Å². The van der Waals surface area contributed by atoms with Gasteiger partial charge in [-0.3, -0.25) is 19.7 Å². The fourth-order valence-electron chi connectivity index (χ4n) is 3.66. The number of carbonyl (C=O) groups is 1. The molecular formula is C23H24N4O. The molecular weight excluding hydrogens is 348 g/mol. The minimum atomic E-state index is 0.0266. The van der Waals surface area contributed by atoms with Crippen molar-refractivity contribution in [2.45, 2.75) is 32.4 Å². The molecule has 5 heteroatoms. The highest BCUT2D eigenvalue weighted by atomic mass is 16.1. The Balaban J connectivity index is 1.38. The molecule has 0 spiro atoms. The molecule has 28 heavy (non-hydrogen) atoms. The monoisotopic (exact) mass is 372 g/mol. The zero-order valence-corrected chi connectivity index (χ0v) is 15.8. The van der Waals surface area contributed by atoms with Gasteiger partial charge in [0.2, 0.25) is 5.91 Å². The second kappa shape index (κ2) is 8.76. The number of aryl methyl sites for hydroxylation is 1. The van der Waals surface area contributed by atoms with Gasteiger partial charge >= 0.3 is 0 Å². The van der Waals surface area contributed by atoms with Crippen molar-refractivity contribution in [3.05, 3.63) is 89.5 Å². The highest BCUT2D eigenvalue weighted by molar-refractivity contribution is 5.91. The van der Waals surface area contributed by atoms with Crippen molar-refractivity contribution in [1.29, 1.82) is 0 Å². The van der Waals surface area contributed by atoms with Crippen LogP contribution in [0.1, 0.15) is 28.7 Å². The molecule has 2 aromatic heterocycles. The summed E-state index contributed by atoms with van der Waals surface area (Å²) in [5.74, 6) is 0.0266. The summed E-state index contributed by atoms with van der Waals surface area (Å²) in [5, 5.41) is 3.07. The first kappa shape index (κ1) is 18.3. The Morgan fingerprint density at radius 1 is 1.00 bits per heavy atom. The molecule has 4 rings (SSSR count). The van der Waals surface area contributed by atoms with Gasteiger partial charge in [-0.05, 0) is 47.2 Å². The van der Waals surface area contributed by atoms with Gasteiger partial charge in [0.05, 0.1) is 11.9 Å². The van der Waals surface area contributed by atoms with E-state index in [2.05, 4.69) is 44.5 Å². The summed E-state index contributed by atoms with van der Waals surface area (Å²) in [7, 11) is 0. The molecule has 1 aromatic carbocycles. The third kappa shape index (κ3) is 4.61. The predicted octanol–water partition coefficient (Wildman–Crippen LogP) is 3.61.